The van der Waals surface area contributed by atoms with Crippen molar-refractivity contribution in [3.05, 3.63) is 35.4 Å². The van der Waals surface area contributed by atoms with Crippen molar-refractivity contribution in [1.82, 2.24) is 0 Å². The number of carbonyl (C=O) groups is 1. The molecule has 1 atom stereocenters. The third kappa shape index (κ3) is 3.09. The Morgan fingerprint density at radius 3 is 2.18 bits per heavy atom. The van der Waals surface area contributed by atoms with E-state index in [0.29, 0.717) is 24.2 Å². The summed E-state index contributed by atoms with van der Waals surface area (Å²) >= 11 is 0. The third-order valence-electron chi connectivity index (χ3n) is 3.64. The summed E-state index contributed by atoms with van der Waals surface area (Å²) in [7, 11) is 0. The molecule has 1 aliphatic carbocycles. The maximum absolute atomic E-state index is 11.1. The molecule has 1 amide bonds. The Balaban J connectivity index is 2.15. The van der Waals surface area contributed by atoms with Gasteiger partial charge in [-0.15, -0.1) is 0 Å². The van der Waals surface area contributed by atoms with E-state index in [0.717, 1.165) is 0 Å². The van der Waals surface area contributed by atoms with Crippen LogP contribution in [0.5, 0.6) is 0 Å². The molecule has 0 spiro atoms. The Bertz CT molecular complexity index is 390. The van der Waals surface area contributed by atoms with Crippen LogP contribution in [0.3, 0.4) is 0 Å². The summed E-state index contributed by atoms with van der Waals surface area (Å²) < 4.78 is 0. The number of hydrogen-bond acceptors (Lipinski definition) is 1. The molecule has 92 valence electrons. The van der Waals surface area contributed by atoms with Crippen LogP contribution in [0.2, 0.25) is 0 Å². The first kappa shape index (κ1) is 12.2. The predicted molar refractivity (Wildman–Crippen MR) is 69.8 cm³/mol. The molecule has 1 saturated carbocycles. The third-order valence-corrected chi connectivity index (χ3v) is 3.64. The van der Waals surface area contributed by atoms with Crippen molar-refractivity contribution >= 4 is 5.91 Å². The molecule has 0 radical (unpaired) electrons. The van der Waals surface area contributed by atoms with Crippen molar-refractivity contribution in [2.24, 2.45) is 11.7 Å². The topological polar surface area (TPSA) is 43.1 Å². The van der Waals surface area contributed by atoms with Gasteiger partial charge in [-0.05, 0) is 41.7 Å². The predicted octanol–water partition coefficient (Wildman–Crippen LogP) is 3.18. The van der Waals surface area contributed by atoms with Crippen LogP contribution in [0.15, 0.2) is 24.3 Å². The summed E-state index contributed by atoms with van der Waals surface area (Å²) in [4.78, 5) is 11.1. The van der Waals surface area contributed by atoms with E-state index < -0.39 is 0 Å². The maximum Gasteiger partial charge on any atom is 0.218 e. The second kappa shape index (κ2) is 4.91. The fourth-order valence-corrected chi connectivity index (χ4v) is 2.40. The quantitative estimate of drug-likeness (QED) is 0.831. The molecule has 0 heterocycles. The van der Waals surface area contributed by atoms with Gasteiger partial charge in [0, 0.05) is 6.42 Å². The number of benzene rings is 1. The van der Waals surface area contributed by atoms with Crippen LogP contribution in [0.1, 0.15) is 56.1 Å². The smallest absolute Gasteiger partial charge is 0.218 e. The van der Waals surface area contributed by atoms with Crippen molar-refractivity contribution < 1.29 is 4.79 Å². The molecular formula is C15H21NO. The average molecular weight is 231 g/mol. The largest absolute Gasteiger partial charge is 0.370 e. The lowest BCUT2D eigenvalue weighted by atomic mass is 9.89. The van der Waals surface area contributed by atoms with Gasteiger partial charge in [-0.1, -0.05) is 38.1 Å². The van der Waals surface area contributed by atoms with Gasteiger partial charge in [-0.25, -0.2) is 0 Å². The molecule has 2 rings (SSSR count). The fraction of sp³-hybridized carbons (Fsp3) is 0.533. The van der Waals surface area contributed by atoms with E-state index in [2.05, 4.69) is 38.1 Å². The highest BCUT2D eigenvalue weighted by Crippen LogP contribution is 2.44. The van der Waals surface area contributed by atoms with Crippen molar-refractivity contribution in [2.45, 2.75) is 44.9 Å². The van der Waals surface area contributed by atoms with E-state index in [1.54, 1.807) is 0 Å². The first-order valence-electron chi connectivity index (χ1n) is 6.46. The van der Waals surface area contributed by atoms with E-state index >= 15 is 0 Å². The minimum absolute atomic E-state index is 0.185. The Hall–Kier alpha value is -1.31. The van der Waals surface area contributed by atoms with Crippen LogP contribution in [0.25, 0.3) is 0 Å². The summed E-state index contributed by atoms with van der Waals surface area (Å²) in [6.07, 6.45) is 2.97. The van der Waals surface area contributed by atoms with Crippen molar-refractivity contribution in [2.75, 3.05) is 0 Å². The molecule has 0 saturated heterocycles. The standard InChI is InChI=1S/C15H21NO/c1-10(2)11-3-5-12(6-4-11)14(9-15(16)17)13-7-8-13/h3-6,10,13-14H,7-9H2,1-2H3,(H2,16,17). The van der Waals surface area contributed by atoms with Gasteiger partial charge in [0.1, 0.15) is 0 Å². The first-order chi connectivity index (χ1) is 8.08. The highest BCUT2D eigenvalue weighted by atomic mass is 16.1. The minimum atomic E-state index is -0.185. The minimum Gasteiger partial charge on any atom is -0.370 e. The average Bonchev–Trinajstić information content (AvgIpc) is 3.09. The Labute approximate surface area is 103 Å². The summed E-state index contributed by atoms with van der Waals surface area (Å²) in [5.41, 5.74) is 7.96. The van der Waals surface area contributed by atoms with Gasteiger partial charge in [0.05, 0.1) is 0 Å². The van der Waals surface area contributed by atoms with Crippen molar-refractivity contribution in [1.29, 1.82) is 0 Å². The van der Waals surface area contributed by atoms with Gasteiger partial charge in [0.15, 0.2) is 0 Å². The van der Waals surface area contributed by atoms with E-state index in [9.17, 15) is 4.79 Å². The number of carbonyl (C=O) groups excluding carboxylic acids is 1. The molecule has 1 aliphatic rings. The maximum atomic E-state index is 11.1. The SMILES string of the molecule is CC(C)c1ccc(C(CC(N)=O)C2CC2)cc1. The lowest BCUT2D eigenvalue weighted by Gasteiger charge is -2.16. The molecule has 2 N–H and O–H groups in total. The summed E-state index contributed by atoms with van der Waals surface area (Å²) in [6.45, 7) is 4.38. The Morgan fingerprint density at radius 1 is 1.24 bits per heavy atom. The lowest BCUT2D eigenvalue weighted by molar-refractivity contribution is -0.118. The summed E-state index contributed by atoms with van der Waals surface area (Å²) in [5.74, 6) is 1.38. The number of hydrogen-bond donors (Lipinski definition) is 1. The van der Waals surface area contributed by atoms with Crippen LogP contribution in [-0.4, -0.2) is 5.91 Å². The molecule has 2 nitrogen and oxygen atoms in total. The van der Waals surface area contributed by atoms with Gasteiger partial charge in [0.2, 0.25) is 5.91 Å². The molecule has 0 aliphatic heterocycles. The summed E-state index contributed by atoms with van der Waals surface area (Å²) in [5, 5.41) is 0. The Morgan fingerprint density at radius 2 is 1.76 bits per heavy atom. The van der Waals surface area contributed by atoms with Crippen LogP contribution in [0.4, 0.5) is 0 Å². The van der Waals surface area contributed by atoms with E-state index in [4.69, 9.17) is 5.73 Å². The van der Waals surface area contributed by atoms with E-state index in [-0.39, 0.29) is 5.91 Å². The van der Waals surface area contributed by atoms with Crippen molar-refractivity contribution in [3.8, 4) is 0 Å². The fourth-order valence-electron chi connectivity index (χ4n) is 2.40. The van der Waals surface area contributed by atoms with E-state index in [1.807, 2.05) is 0 Å². The zero-order valence-electron chi connectivity index (χ0n) is 10.6. The summed E-state index contributed by atoms with van der Waals surface area (Å²) in [6, 6.07) is 8.69. The molecule has 0 bridgehead atoms. The zero-order chi connectivity index (χ0) is 12.4. The number of rotatable bonds is 5. The molecule has 0 aromatic heterocycles. The van der Waals surface area contributed by atoms with Crippen LogP contribution in [0, 0.1) is 5.92 Å². The van der Waals surface area contributed by atoms with Gasteiger partial charge in [0.25, 0.3) is 0 Å². The van der Waals surface area contributed by atoms with Gasteiger partial charge in [-0.2, -0.15) is 0 Å². The van der Waals surface area contributed by atoms with Gasteiger partial charge in [-0.3, -0.25) is 4.79 Å². The Kier molecular flexibility index (Phi) is 3.51. The van der Waals surface area contributed by atoms with E-state index in [1.165, 1.54) is 24.0 Å². The normalized spacial score (nSPS) is 17.1. The second-order valence-electron chi connectivity index (χ2n) is 5.44. The first-order valence-corrected chi connectivity index (χ1v) is 6.46. The number of primary amides is 1. The van der Waals surface area contributed by atoms with Gasteiger partial charge >= 0.3 is 0 Å². The highest BCUT2D eigenvalue weighted by Gasteiger charge is 2.33. The van der Waals surface area contributed by atoms with Crippen LogP contribution in [-0.2, 0) is 4.79 Å². The number of amides is 1. The second-order valence-corrected chi connectivity index (χ2v) is 5.44. The molecule has 1 aromatic carbocycles. The highest BCUT2D eigenvalue weighted by molar-refractivity contribution is 5.74. The number of nitrogens with two attached hydrogens (primary N) is 1. The zero-order valence-corrected chi connectivity index (χ0v) is 10.6. The lowest BCUT2D eigenvalue weighted by Crippen LogP contribution is -2.16. The molecule has 1 fully saturated rings. The van der Waals surface area contributed by atoms with Gasteiger partial charge < -0.3 is 5.73 Å². The molecule has 2 heteroatoms. The molecule has 1 unspecified atom stereocenters. The van der Waals surface area contributed by atoms with Crippen LogP contribution >= 0.6 is 0 Å². The van der Waals surface area contributed by atoms with Crippen LogP contribution < -0.4 is 5.73 Å². The molecule has 17 heavy (non-hydrogen) atoms. The molecule has 1 aromatic rings. The molecular weight excluding hydrogens is 210 g/mol. The monoisotopic (exact) mass is 231 g/mol. The van der Waals surface area contributed by atoms with Crippen molar-refractivity contribution in [3.63, 3.8) is 0 Å².